The number of benzene rings is 4. The van der Waals surface area contributed by atoms with Crippen LogP contribution in [0.4, 0.5) is 4.79 Å². The van der Waals surface area contributed by atoms with E-state index in [9.17, 15) is 4.79 Å². The normalized spacial score (nSPS) is 9.98. The van der Waals surface area contributed by atoms with Crippen molar-refractivity contribution >= 4 is 52.5 Å². The fourth-order valence-electron chi connectivity index (χ4n) is 3.55. The Morgan fingerprint density at radius 2 is 1.14 bits per heavy atom. The molecule has 0 aromatic heterocycles. The molecular weight excluding hydrogens is 726 g/mol. The number of carbonyl (C=O) groups is 1. The molecule has 4 aromatic rings. The van der Waals surface area contributed by atoms with Gasteiger partial charge in [-0.25, -0.2) is 4.79 Å². The number of nitriles is 1. The van der Waals surface area contributed by atoms with E-state index < -0.39 is 11.7 Å². The van der Waals surface area contributed by atoms with Crippen LogP contribution in [0, 0.1) is 11.3 Å². The summed E-state index contributed by atoms with van der Waals surface area (Å²) in [5.41, 5.74) is 13.6. The van der Waals surface area contributed by atoms with Gasteiger partial charge in [0.25, 0.3) is 0 Å². The second-order valence-corrected chi connectivity index (χ2v) is 12.6. The summed E-state index contributed by atoms with van der Waals surface area (Å²) < 4.78 is 20.1. The minimum absolute atomic E-state index is 0.0876. The van der Waals surface area contributed by atoms with Crippen molar-refractivity contribution in [1.29, 1.82) is 5.26 Å². The quantitative estimate of drug-likeness (QED) is 0.144. The first-order valence-electron chi connectivity index (χ1n) is 14.8. The number of methoxy groups -OCH3 is 3. The molecule has 0 radical (unpaired) electrons. The van der Waals surface area contributed by atoms with E-state index in [2.05, 4.69) is 5.32 Å². The lowest BCUT2D eigenvalue weighted by Crippen LogP contribution is -2.32. The van der Waals surface area contributed by atoms with E-state index in [1.807, 2.05) is 45.0 Å². The molecule has 0 fully saturated rings. The minimum atomic E-state index is -0.498. The minimum Gasteiger partial charge on any atom is -0.506 e. The van der Waals surface area contributed by atoms with E-state index in [1.165, 1.54) is 7.11 Å². The molecule has 270 valence electrons. The second-order valence-electron chi connectivity index (χ2n) is 10.9. The van der Waals surface area contributed by atoms with Gasteiger partial charge in [0, 0.05) is 19.6 Å². The molecule has 1 amide bonds. The summed E-state index contributed by atoms with van der Waals surface area (Å²) >= 11 is 23.0. The highest BCUT2D eigenvalue weighted by molar-refractivity contribution is 6.33. The standard InChI is InChI=1S/C13H18ClNO3.C8H10ClNO.C8H6ClNO.C7H8ClNO/c1-13(2,3)18-12(16)15-8-9-5-6-10(14)11(7-9)17-4;2*1-11-8-4-6(5-10)2-3-7(8)9;8-6-2-1-5(4-9)3-7(6)10/h5-7H,8H2,1-4H3,(H,15,16);2-4H,5,10H2,1H3;2-4H,1H3;1-3,10H,4,9H2. The molecule has 50 heavy (non-hydrogen) atoms. The Hall–Kier alpha value is -4.08. The van der Waals surface area contributed by atoms with E-state index in [1.54, 1.807) is 68.8 Å². The van der Waals surface area contributed by atoms with E-state index >= 15 is 0 Å². The number of hydrogen-bond donors (Lipinski definition) is 4. The number of phenols is 1. The van der Waals surface area contributed by atoms with E-state index in [0.29, 0.717) is 62.5 Å². The van der Waals surface area contributed by atoms with Gasteiger partial charge < -0.3 is 40.8 Å². The number of rotatable bonds is 7. The van der Waals surface area contributed by atoms with Gasteiger partial charge in [0.15, 0.2) is 0 Å². The lowest BCUT2D eigenvalue weighted by Gasteiger charge is -2.19. The fraction of sp³-hybridized carbons (Fsp3) is 0.278. The fourth-order valence-corrected chi connectivity index (χ4v) is 4.25. The van der Waals surface area contributed by atoms with E-state index in [4.69, 9.17) is 87.2 Å². The molecule has 0 atom stereocenters. The Bertz CT molecular complexity index is 1710. The van der Waals surface area contributed by atoms with Gasteiger partial charge in [-0.15, -0.1) is 0 Å². The molecule has 14 heteroatoms. The van der Waals surface area contributed by atoms with Gasteiger partial charge in [-0.05, 0) is 92.1 Å². The summed E-state index contributed by atoms with van der Waals surface area (Å²) in [6.07, 6.45) is -0.448. The van der Waals surface area contributed by atoms with Gasteiger partial charge in [0.1, 0.15) is 28.6 Å². The molecule has 0 heterocycles. The van der Waals surface area contributed by atoms with Crippen molar-refractivity contribution in [1.82, 2.24) is 5.32 Å². The SMILES string of the molecule is COc1cc(C#N)ccc1Cl.COc1cc(CN)ccc1Cl.COc1cc(CNC(=O)OC(C)(C)C)ccc1Cl.NCc1ccc(Cl)c(O)c1. The highest BCUT2D eigenvalue weighted by Crippen LogP contribution is 2.27. The maximum atomic E-state index is 11.5. The Morgan fingerprint density at radius 1 is 0.720 bits per heavy atom. The van der Waals surface area contributed by atoms with Crippen molar-refractivity contribution < 1.29 is 28.8 Å². The van der Waals surface area contributed by atoms with Crippen LogP contribution >= 0.6 is 46.4 Å². The van der Waals surface area contributed by atoms with Crippen LogP contribution in [0.15, 0.2) is 72.8 Å². The van der Waals surface area contributed by atoms with Crippen LogP contribution in [0.1, 0.15) is 43.0 Å². The summed E-state index contributed by atoms with van der Waals surface area (Å²) in [5.74, 6) is 1.88. The lowest BCUT2D eigenvalue weighted by atomic mass is 10.2. The van der Waals surface area contributed by atoms with Crippen LogP contribution in [0.25, 0.3) is 0 Å². The maximum absolute atomic E-state index is 11.5. The van der Waals surface area contributed by atoms with Gasteiger partial charge in [-0.1, -0.05) is 64.6 Å². The number of aromatic hydroxyl groups is 1. The zero-order valence-corrected chi connectivity index (χ0v) is 31.7. The molecule has 0 saturated heterocycles. The van der Waals surface area contributed by atoms with Crippen LogP contribution in [-0.2, 0) is 24.4 Å². The first-order chi connectivity index (χ1) is 23.6. The van der Waals surface area contributed by atoms with Gasteiger partial charge in [-0.3, -0.25) is 0 Å². The molecule has 0 saturated carbocycles. The Labute approximate surface area is 313 Å². The highest BCUT2D eigenvalue weighted by Gasteiger charge is 2.15. The molecule has 0 aliphatic carbocycles. The predicted molar refractivity (Wildman–Crippen MR) is 201 cm³/mol. The molecule has 0 spiro atoms. The zero-order valence-electron chi connectivity index (χ0n) is 28.7. The van der Waals surface area contributed by atoms with Gasteiger partial charge in [0.2, 0.25) is 0 Å². The zero-order chi connectivity index (χ0) is 37.9. The van der Waals surface area contributed by atoms with Crippen LogP contribution in [0.2, 0.25) is 20.1 Å². The van der Waals surface area contributed by atoms with Crippen LogP contribution < -0.4 is 31.0 Å². The van der Waals surface area contributed by atoms with Crippen molar-refractivity contribution in [2.24, 2.45) is 11.5 Å². The molecule has 4 rings (SSSR count). The number of carbonyl (C=O) groups excluding carboxylic acids is 1. The number of nitrogens with two attached hydrogens (primary N) is 2. The summed E-state index contributed by atoms with van der Waals surface area (Å²) in [4.78, 5) is 11.5. The third kappa shape index (κ3) is 16.5. The van der Waals surface area contributed by atoms with E-state index in [0.717, 1.165) is 16.7 Å². The number of ether oxygens (including phenoxy) is 4. The van der Waals surface area contributed by atoms with Crippen molar-refractivity contribution in [2.45, 2.75) is 46.0 Å². The number of hydrogen-bond acceptors (Lipinski definition) is 9. The average Bonchev–Trinajstić information content (AvgIpc) is 3.09. The number of nitrogens with zero attached hydrogens (tertiary/aromatic N) is 1. The molecule has 6 N–H and O–H groups in total. The molecule has 4 aromatic carbocycles. The monoisotopic (exact) mass is 766 g/mol. The van der Waals surface area contributed by atoms with Crippen molar-refractivity contribution in [3.63, 3.8) is 0 Å². The Morgan fingerprint density at radius 3 is 1.58 bits per heavy atom. The third-order valence-electron chi connectivity index (χ3n) is 6.03. The number of alkyl carbamates (subject to hydrolysis) is 1. The first kappa shape index (κ1) is 43.9. The Balaban J connectivity index is 0.000000344. The number of amides is 1. The number of phenolic OH excluding ortho intramolecular Hbond substituents is 1. The van der Waals surface area contributed by atoms with Crippen molar-refractivity contribution in [3.8, 4) is 29.1 Å². The first-order valence-corrected chi connectivity index (χ1v) is 16.3. The van der Waals surface area contributed by atoms with Gasteiger partial charge in [0.05, 0.1) is 53.1 Å². The van der Waals surface area contributed by atoms with Crippen LogP contribution in [0.3, 0.4) is 0 Å². The van der Waals surface area contributed by atoms with Crippen molar-refractivity contribution in [3.05, 3.63) is 115 Å². The van der Waals surface area contributed by atoms with Crippen LogP contribution in [0.5, 0.6) is 23.0 Å². The molecule has 0 aliphatic rings. The van der Waals surface area contributed by atoms with E-state index in [-0.39, 0.29) is 5.75 Å². The van der Waals surface area contributed by atoms with Gasteiger partial charge in [-0.2, -0.15) is 5.26 Å². The highest BCUT2D eigenvalue weighted by atomic mass is 35.5. The smallest absolute Gasteiger partial charge is 0.407 e. The summed E-state index contributed by atoms with van der Waals surface area (Å²) in [6.45, 7) is 6.74. The maximum Gasteiger partial charge on any atom is 0.407 e. The van der Waals surface area contributed by atoms with Gasteiger partial charge >= 0.3 is 6.09 Å². The second kappa shape index (κ2) is 22.6. The Kier molecular flexibility index (Phi) is 19.9. The summed E-state index contributed by atoms with van der Waals surface area (Å²) in [5, 5.41) is 22.2. The molecule has 0 bridgehead atoms. The third-order valence-corrected chi connectivity index (χ3v) is 7.29. The largest absolute Gasteiger partial charge is 0.506 e. The predicted octanol–water partition coefficient (Wildman–Crippen LogP) is 8.91. The number of halogens is 4. The lowest BCUT2D eigenvalue weighted by molar-refractivity contribution is 0.0523. The average molecular weight is 769 g/mol. The topological polar surface area (TPSA) is 162 Å². The molecule has 0 aliphatic heterocycles. The molecular formula is C36H42Cl4N4O6. The number of nitrogens with one attached hydrogen (secondary N) is 1. The van der Waals surface area contributed by atoms with Crippen LogP contribution in [-0.4, -0.2) is 38.1 Å². The molecule has 10 nitrogen and oxygen atoms in total. The molecule has 0 unspecified atom stereocenters. The van der Waals surface area contributed by atoms with Crippen molar-refractivity contribution in [2.75, 3.05) is 21.3 Å². The summed E-state index contributed by atoms with van der Waals surface area (Å²) in [7, 11) is 4.65. The summed E-state index contributed by atoms with van der Waals surface area (Å²) in [6, 6.07) is 22.7.